The summed E-state index contributed by atoms with van der Waals surface area (Å²) < 4.78 is 4.95. The van der Waals surface area contributed by atoms with Gasteiger partial charge in [0.2, 0.25) is 0 Å². The minimum absolute atomic E-state index is 0.856. The minimum atomic E-state index is 0.856. The number of rotatable bonds is 4. The highest BCUT2D eigenvalue weighted by Gasteiger charge is 2.31. The van der Waals surface area contributed by atoms with Gasteiger partial charge >= 0.3 is 0 Å². The van der Waals surface area contributed by atoms with Gasteiger partial charge in [0, 0.05) is 57.3 Å². The Balaban J connectivity index is 1.06. The normalized spacial score (nSPS) is 13.0. The highest BCUT2D eigenvalue weighted by atomic mass is 15.3. The number of anilines is 4. The number of fused-ring (bicyclic) bond motifs is 15. The van der Waals surface area contributed by atoms with E-state index in [2.05, 4.69) is 249 Å². The van der Waals surface area contributed by atoms with E-state index in [0.29, 0.717) is 0 Å². The van der Waals surface area contributed by atoms with Crippen molar-refractivity contribution in [3.05, 3.63) is 231 Å². The monoisotopic (exact) mass is 842 g/mol. The van der Waals surface area contributed by atoms with E-state index in [4.69, 9.17) is 0 Å². The quantitative estimate of drug-likeness (QED) is 0.175. The molecule has 0 atom stereocenters. The summed E-state index contributed by atoms with van der Waals surface area (Å²) in [6.45, 7) is 1.72. The molecule has 0 N–H and O–H groups in total. The maximum Gasteiger partial charge on any atom is 0.0659 e. The van der Waals surface area contributed by atoms with Gasteiger partial charge in [0.1, 0.15) is 0 Å². The van der Waals surface area contributed by atoms with Crippen molar-refractivity contribution in [3.8, 4) is 55.9 Å². The third kappa shape index (κ3) is 5.39. The molecule has 10 aromatic carbocycles. The SMILES string of the molecule is c1ccc(N2CCN(c3ccccc3)c3cc4c(cc32)-c2ccccc2-c2ccccc2-c2c-4cccc2-n2c3ccccc3c3cc(-n4c5ccccc5c5ccccc54)ccc32)cc1. The Morgan fingerprint density at radius 3 is 1.26 bits per heavy atom. The molecular weight excluding hydrogens is 801 g/mol. The van der Waals surface area contributed by atoms with Crippen molar-refractivity contribution in [1.29, 1.82) is 0 Å². The van der Waals surface area contributed by atoms with Crippen molar-refractivity contribution in [1.82, 2.24) is 9.13 Å². The summed E-state index contributed by atoms with van der Waals surface area (Å²) in [5.74, 6) is 0. The van der Waals surface area contributed by atoms with Crippen LogP contribution in [0.3, 0.4) is 0 Å². The van der Waals surface area contributed by atoms with Crippen LogP contribution in [0, 0.1) is 0 Å². The van der Waals surface area contributed by atoms with Gasteiger partial charge in [0.05, 0.1) is 39.1 Å². The molecule has 0 radical (unpaired) electrons. The van der Waals surface area contributed by atoms with Crippen LogP contribution in [0.25, 0.3) is 99.5 Å². The number of hydrogen-bond acceptors (Lipinski definition) is 2. The van der Waals surface area contributed by atoms with Gasteiger partial charge < -0.3 is 18.9 Å². The first-order chi connectivity index (χ1) is 32.8. The molecule has 2 aliphatic rings. The number of benzene rings is 10. The van der Waals surface area contributed by atoms with Crippen LogP contribution in [0.1, 0.15) is 0 Å². The van der Waals surface area contributed by atoms with Gasteiger partial charge in [-0.15, -0.1) is 0 Å². The van der Waals surface area contributed by atoms with E-state index in [1.807, 2.05) is 0 Å². The zero-order valence-electron chi connectivity index (χ0n) is 36.1. The Hall–Kier alpha value is -8.60. The van der Waals surface area contributed by atoms with Crippen LogP contribution >= 0.6 is 0 Å². The summed E-state index contributed by atoms with van der Waals surface area (Å²) in [5.41, 5.74) is 21.7. The van der Waals surface area contributed by atoms with Crippen molar-refractivity contribution in [3.63, 3.8) is 0 Å². The van der Waals surface area contributed by atoms with Gasteiger partial charge in [-0.25, -0.2) is 0 Å². The molecule has 66 heavy (non-hydrogen) atoms. The smallest absolute Gasteiger partial charge is 0.0659 e. The second kappa shape index (κ2) is 14.5. The second-order valence-corrected chi connectivity index (χ2v) is 17.6. The zero-order chi connectivity index (χ0) is 43.3. The number of hydrogen-bond donors (Lipinski definition) is 0. The molecule has 14 rings (SSSR count). The minimum Gasteiger partial charge on any atom is -0.338 e. The number of para-hydroxylation sites is 5. The lowest BCUT2D eigenvalue weighted by Crippen LogP contribution is -2.36. The van der Waals surface area contributed by atoms with Gasteiger partial charge in [-0.3, -0.25) is 0 Å². The van der Waals surface area contributed by atoms with E-state index >= 15 is 0 Å². The first kappa shape index (κ1) is 36.8. The first-order valence-electron chi connectivity index (χ1n) is 23.0. The number of nitrogens with zero attached hydrogens (tertiary/aromatic N) is 4. The number of aromatic nitrogens is 2. The van der Waals surface area contributed by atoms with E-state index in [9.17, 15) is 0 Å². The average Bonchev–Trinajstić information content (AvgIpc) is 3.90. The maximum absolute atomic E-state index is 2.52. The molecule has 1 aliphatic heterocycles. The summed E-state index contributed by atoms with van der Waals surface area (Å²) in [7, 11) is 0. The maximum atomic E-state index is 2.52. The van der Waals surface area contributed by atoms with Gasteiger partial charge in [-0.2, -0.15) is 0 Å². The summed E-state index contributed by atoms with van der Waals surface area (Å²) in [4.78, 5) is 5.02. The van der Waals surface area contributed by atoms with E-state index < -0.39 is 0 Å². The lowest BCUT2D eigenvalue weighted by molar-refractivity contribution is 0.850. The largest absolute Gasteiger partial charge is 0.338 e. The van der Waals surface area contributed by atoms with Crippen LogP contribution in [0.2, 0.25) is 0 Å². The molecular formula is C62H42N4. The highest BCUT2D eigenvalue weighted by molar-refractivity contribution is 6.14. The van der Waals surface area contributed by atoms with Crippen LogP contribution in [-0.2, 0) is 0 Å². The molecule has 0 saturated carbocycles. The Morgan fingerprint density at radius 2 is 0.667 bits per heavy atom. The highest BCUT2D eigenvalue weighted by Crippen LogP contribution is 2.54. The fraction of sp³-hybridized carbons (Fsp3) is 0.0323. The Morgan fingerprint density at radius 1 is 0.242 bits per heavy atom. The summed E-state index contributed by atoms with van der Waals surface area (Å²) in [5, 5.41) is 4.98. The van der Waals surface area contributed by atoms with Crippen molar-refractivity contribution in [2.45, 2.75) is 0 Å². The Kier molecular flexibility index (Phi) is 8.07. The molecule has 2 aromatic heterocycles. The molecule has 0 bridgehead atoms. The summed E-state index contributed by atoms with van der Waals surface area (Å²) >= 11 is 0. The molecule has 1 aliphatic carbocycles. The molecule has 0 spiro atoms. The van der Waals surface area contributed by atoms with Gasteiger partial charge in [0.25, 0.3) is 0 Å². The average molecular weight is 843 g/mol. The topological polar surface area (TPSA) is 16.3 Å². The molecule has 4 heteroatoms. The van der Waals surface area contributed by atoms with E-state index in [1.165, 1.54) is 111 Å². The van der Waals surface area contributed by atoms with Crippen molar-refractivity contribution >= 4 is 66.4 Å². The van der Waals surface area contributed by atoms with Crippen LogP contribution in [0.15, 0.2) is 231 Å². The molecule has 310 valence electrons. The molecule has 4 nitrogen and oxygen atoms in total. The standard InChI is InChI=1S/C62H42N4/c1-3-18-41(19-4-1)63-36-37-64(42-20-5-2-6-21-42)61-40-53-51-29-17-33-59(62(51)50-28-10-9-23-45(50)44-22-7-8-24-46(44)52(53)39-60(61)63)66-57-32-16-13-27-49(57)54-38-43(34-35-58(54)66)65-55-30-14-11-25-47(55)48-26-12-15-31-56(48)65/h1-35,38-40H,36-37H2. The lowest BCUT2D eigenvalue weighted by Gasteiger charge is -2.40. The zero-order valence-corrected chi connectivity index (χ0v) is 36.1. The summed E-state index contributed by atoms with van der Waals surface area (Å²) in [6, 6.07) is 85.3. The predicted octanol–water partition coefficient (Wildman–Crippen LogP) is 16.2. The third-order valence-corrected chi connectivity index (χ3v) is 14.2. The van der Waals surface area contributed by atoms with Crippen LogP contribution in [0.5, 0.6) is 0 Å². The third-order valence-electron chi connectivity index (χ3n) is 14.2. The fourth-order valence-corrected chi connectivity index (χ4v) is 11.3. The van der Waals surface area contributed by atoms with Gasteiger partial charge in [0.15, 0.2) is 0 Å². The summed E-state index contributed by atoms with van der Waals surface area (Å²) in [6.07, 6.45) is 0. The van der Waals surface area contributed by atoms with Crippen LogP contribution in [-0.4, -0.2) is 22.2 Å². The van der Waals surface area contributed by atoms with E-state index in [0.717, 1.165) is 24.5 Å². The van der Waals surface area contributed by atoms with Gasteiger partial charge in [-0.05, 0) is 118 Å². The van der Waals surface area contributed by atoms with Gasteiger partial charge in [-0.1, -0.05) is 152 Å². The first-order valence-corrected chi connectivity index (χ1v) is 23.0. The van der Waals surface area contributed by atoms with Crippen molar-refractivity contribution in [2.75, 3.05) is 22.9 Å². The van der Waals surface area contributed by atoms with Crippen molar-refractivity contribution < 1.29 is 0 Å². The fourth-order valence-electron chi connectivity index (χ4n) is 11.3. The molecule has 0 amide bonds. The predicted molar refractivity (Wildman–Crippen MR) is 277 cm³/mol. The second-order valence-electron chi connectivity index (χ2n) is 17.6. The molecule has 0 unspecified atom stereocenters. The molecule has 0 saturated heterocycles. The van der Waals surface area contributed by atoms with Crippen LogP contribution in [0.4, 0.5) is 22.7 Å². The Bertz CT molecular complexity index is 3840. The van der Waals surface area contributed by atoms with Crippen molar-refractivity contribution in [2.24, 2.45) is 0 Å². The van der Waals surface area contributed by atoms with Crippen LogP contribution < -0.4 is 9.80 Å². The Labute approximate surface area is 383 Å². The lowest BCUT2D eigenvalue weighted by atomic mass is 9.79. The molecule has 3 heterocycles. The molecule has 0 fully saturated rings. The van der Waals surface area contributed by atoms with E-state index in [1.54, 1.807) is 0 Å². The molecule has 12 aromatic rings. The van der Waals surface area contributed by atoms with E-state index in [-0.39, 0.29) is 0 Å².